The predicted molar refractivity (Wildman–Crippen MR) is 73.5 cm³/mol. The molecule has 0 saturated carbocycles. The van der Waals surface area contributed by atoms with E-state index in [1.165, 1.54) is 5.56 Å². The summed E-state index contributed by atoms with van der Waals surface area (Å²) in [5.41, 5.74) is 1.21. The molecule has 3 heteroatoms. The molecule has 2 atom stereocenters. The van der Waals surface area contributed by atoms with Crippen LogP contribution >= 0.6 is 27.5 Å². The molecule has 0 radical (unpaired) electrons. The molecule has 0 spiro atoms. The molecule has 0 N–H and O–H groups in total. The first kappa shape index (κ1) is 13.9. The SMILES string of the molecule is CCC(Cl)C(C)Cc1cc(Br)ccc1OC. The van der Waals surface area contributed by atoms with Gasteiger partial charge in [-0.3, -0.25) is 0 Å². The van der Waals surface area contributed by atoms with Crippen LogP contribution < -0.4 is 4.74 Å². The monoisotopic (exact) mass is 304 g/mol. The van der Waals surface area contributed by atoms with E-state index in [2.05, 4.69) is 35.8 Å². The molecule has 90 valence electrons. The first-order valence-corrected chi connectivity index (χ1v) is 6.77. The molecular weight excluding hydrogens is 287 g/mol. The highest BCUT2D eigenvalue weighted by molar-refractivity contribution is 9.10. The lowest BCUT2D eigenvalue weighted by Crippen LogP contribution is -2.13. The van der Waals surface area contributed by atoms with Crippen LogP contribution in [-0.2, 0) is 6.42 Å². The van der Waals surface area contributed by atoms with Crippen LogP contribution in [0, 0.1) is 5.92 Å². The second-order valence-electron chi connectivity index (χ2n) is 4.06. The van der Waals surface area contributed by atoms with E-state index in [-0.39, 0.29) is 5.38 Å². The van der Waals surface area contributed by atoms with Crippen LogP contribution in [-0.4, -0.2) is 12.5 Å². The fraction of sp³-hybridized carbons (Fsp3) is 0.538. The Bertz CT molecular complexity index is 341. The molecule has 0 amide bonds. The highest BCUT2D eigenvalue weighted by atomic mass is 79.9. The van der Waals surface area contributed by atoms with Crippen molar-refractivity contribution in [2.75, 3.05) is 7.11 Å². The van der Waals surface area contributed by atoms with Gasteiger partial charge in [0, 0.05) is 9.85 Å². The Morgan fingerprint density at radius 3 is 2.69 bits per heavy atom. The number of rotatable bonds is 5. The van der Waals surface area contributed by atoms with E-state index in [4.69, 9.17) is 16.3 Å². The Labute approximate surface area is 111 Å². The molecule has 0 aliphatic carbocycles. The van der Waals surface area contributed by atoms with E-state index in [9.17, 15) is 0 Å². The largest absolute Gasteiger partial charge is 0.496 e. The lowest BCUT2D eigenvalue weighted by Gasteiger charge is -2.18. The third-order valence-electron chi connectivity index (χ3n) is 2.79. The van der Waals surface area contributed by atoms with Gasteiger partial charge in [0.05, 0.1) is 7.11 Å². The van der Waals surface area contributed by atoms with Crippen molar-refractivity contribution in [2.24, 2.45) is 5.92 Å². The lowest BCUT2D eigenvalue weighted by molar-refractivity contribution is 0.404. The number of alkyl halides is 1. The van der Waals surface area contributed by atoms with Gasteiger partial charge in [-0.1, -0.05) is 29.8 Å². The topological polar surface area (TPSA) is 9.23 Å². The molecule has 1 aromatic rings. The molecular formula is C13H18BrClO. The van der Waals surface area contributed by atoms with Gasteiger partial charge in [0.2, 0.25) is 0 Å². The number of hydrogen-bond donors (Lipinski definition) is 0. The van der Waals surface area contributed by atoms with E-state index in [0.29, 0.717) is 5.92 Å². The van der Waals surface area contributed by atoms with Crippen LogP contribution in [0.3, 0.4) is 0 Å². The van der Waals surface area contributed by atoms with Gasteiger partial charge in [-0.2, -0.15) is 0 Å². The summed E-state index contributed by atoms with van der Waals surface area (Å²) < 4.78 is 6.43. The summed E-state index contributed by atoms with van der Waals surface area (Å²) >= 11 is 9.73. The van der Waals surface area contributed by atoms with Crippen molar-refractivity contribution in [3.63, 3.8) is 0 Å². The summed E-state index contributed by atoms with van der Waals surface area (Å²) in [5, 5.41) is 0.226. The van der Waals surface area contributed by atoms with Crippen molar-refractivity contribution in [1.29, 1.82) is 0 Å². The minimum absolute atomic E-state index is 0.226. The van der Waals surface area contributed by atoms with Gasteiger partial charge >= 0.3 is 0 Å². The fourth-order valence-corrected chi connectivity index (χ4v) is 2.28. The third-order valence-corrected chi connectivity index (χ3v) is 4.02. The second-order valence-corrected chi connectivity index (χ2v) is 5.54. The van der Waals surface area contributed by atoms with Crippen LogP contribution in [0.4, 0.5) is 0 Å². The van der Waals surface area contributed by atoms with Crippen molar-refractivity contribution < 1.29 is 4.74 Å². The molecule has 16 heavy (non-hydrogen) atoms. The Morgan fingerprint density at radius 2 is 2.12 bits per heavy atom. The average molecular weight is 306 g/mol. The number of methoxy groups -OCH3 is 1. The molecule has 2 unspecified atom stereocenters. The first-order chi connectivity index (χ1) is 7.58. The minimum atomic E-state index is 0.226. The Morgan fingerprint density at radius 1 is 1.44 bits per heavy atom. The van der Waals surface area contributed by atoms with Crippen molar-refractivity contribution in [1.82, 2.24) is 0 Å². The van der Waals surface area contributed by atoms with Crippen molar-refractivity contribution in [3.8, 4) is 5.75 Å². The van der Waals surface area contributed by atoms with Crippen LogP contribution in [0.5, 0.6) is 5.75 Å². The summed E-state index contributed by atoms with van der Waals surface area (Å²) in [6.07, 6.45) is 1.95. The number of benzene rings is 1. The summed E-state index contributed by atoms with van der Waals surface area (Å²) in [4.78, 5) is 0. The lowest BCUT2D eigenvalue weighted by atomic mass is 9.96. The van der Waals surface area contributed by atoms with Crippen LogP contribution in [0.15, 0.2) is 22.7 Å². The molecule has 0 heterocycles. The molecule has 0 saturated heterocycles. The molecule has 1 rings (SSSR count). The Balaban J connectivity index is 2.82. The molecule has 1 aromatic carbocycles. The van der Waals surface area contributed by atoms with Crippen molar-refractivity contribution >= 4 is 27.5 Å². The summed E-state index contributed by atoms with van der Waals surface area (Å²) in [5.74, 6) is 1.39. The van der Waals surface area contributed by atoms with Gasteiger partial charge in [0.25, 0.3) is 0 Å². The zero-order chi connectivity index (χ0) is 12.1. The zero-order valence-corrected chi connectivity index (χ0v) is 12.3. The Hall–Kier alpha value is -0.210. The van der Waals surface area contributed by atoms with Gasteiger partial charge in [-0.05, 0) is 42.5 Å². The van der Waals surface area contributed by atoms with Crippen molar-refractivity contribution in [2.45, 2.75) is 32.1 Å². The maximum absolute atomic E-state index is 6.25. The highest BCUT2D eigenvalue weighted by Gasteiger charge is 2.15. The van der Waals surface area contributed by atoms with Crippen molar-refractivity contribution in [3.05, 3.63) is 28.2 Å². The number of hydrogen-bond acceptors (Lipinski definition) is 1. The van der Waals surface area contributed by atoms with Gasteiger partial charge < -0.3 is 4.74 Å². The zero-order valence-electron chi connectivity index (χ0n) is 9.97. The van der Waals surface area contributed by atoms with E-state index < -0.39 is 0 Å². The van der Waals surface area contributed by atoms with E-state index in [1.54, 1.807) is 7.11 Å². The average Bonchev–Trinajstić information content (AvgIpc) is 2.28. The van der Waals surface area contributed by atoms with Gasteiger partial charge in [-0.25, -0.2) is 0 Å². The minimum Gasteiger partial charge on any atom is -0.496 e. The van der Waals surface area contributed by atoms with Crippen LogP contribution in [0.25, 0.3) is 0 Å². The van der Waals surface area contributed by atoms with E-state index >= 15 is 0 Å². The third kappa shape index (κ3) is 3.67. The summed E-state index contributed by atoms with van der Waals surface area (Å²) in [6, 6.07) is 6.08. The Kier molecular flexibility index (Phi) is 5.63. The van der Waals surface area contributed by atoms with E-state index in [0.717, 1.165) is 23.1 Å². The quantitative estimate of drug-likeness (QED) is 0.719. The van der Waals surface area contributed by atoms with Gasteiger partial charge in [-0.15, -0.1) is 11.6 Å². The summed E-state index contributed by atoms with van der Waals surface area (Å²) in [7, 11) is 1.70. The van der Waals surface area contributed by atoms with E-state index in [1.807, 2.05) is 12.1 Å². The van der Waals surface area contributed by atoms with Gasteiger partial charge in [0.15, 0.2) is 0 Å². The maximum atomic E-state index is 6.25. The standard InChI is InChI=1S/C13H18BrClO/c1-4-12(15)9(2)7-10-8-11(14)5-6-13(10)16-3/h5-6,8-9,12H,4,7H2,1-3H3. The molecule has 0 aromatic heterocycles. The molecule has 1 nitrogen and oxygen atoms in total. The molecule has 0 aliphatic heterocycles. The molecule has 0 bridgehead atoms. The molecule has 0 aliphatic rings. The number of halogens is 2. The smallest absolute Gasteiger partial charge is 0.122 e. The van der Waals surface area contributed by atoms with Gasteiger partial charge in [0.1, 0.15) is 5.75 Å². The van der Waals surface area contributed by atoms with Crippen LogP contribution in [0.2, 0.25) is 0 Å². The fourth-order valence-electron chi connectivity index (χ4n) is 1.78. The highest BCUT2D eigenvalue weighted by Crippen LogP contribution is 2.27. The first-order valence-electron chi connectivity index (χ1n) is 5.55. The summed E-state index contributed by atoms with van der Waals surface area (Å²) in [6.45, 7) is 4.30. The predicted octanol–water partition coefficient (Wildman–Crippen LogP) is 4.65. The second kappa shape index (κ2) is 6.51. The maximum Gasteiger partial charge on any atom is 0.122 e. The molecule has 0 fully saturated rings. The number of ether oxygens (including phenoxy) is 1. The normalized spacial score (nSPS) is 14.6. The van der Waals surface area contributed by atoms with Crippen LogP contribution in [0.1, 0.15) is 25.8 Å².